The van der Waals surface area contributed by atoms with Gasteiger partial charge < -0.3 is 4.74 Å². The zero-order valence-electron chi connectivity index (χ0n) is 14.4. The second-order valence-electron chi connectivity index (χ2n) is 6.28. The van der Waals surface area contributed by atoms with Crippen LogP contribution >= 0.6 is 39.0 Å². The minimum absolute atomic E-state index is 0.0222. The Balaban J connectivity index is 1.64. The normalized spacial score (nSPS) is 16.9. The monoisotopic (exact) mass is 464 g/mol. The van der Waals surface area contributed by atoms with Crippen molar-refractivity contribution in [2.45, 2.75) is 30.6 Å². The number of hydrogen-bond donors (Lipinski definition) is 0. The maximum atomic E-state index is 13.0. The Morgan fingerprint density at radius 1 is 1.33 bits per heavy atom. The number of para-hydroxylation sites is 1. The van der Waals surface area contributed by atoms with E-state index in [0.717, 1.165) is 23.2 Å². The maximum Gasteiger partial charge on any atom is 0.262 e. The first kappa shape index (κ1) is 18.9. The van der Waals surface area contributed by atoms with E-state index in [0.29, 0.717) is 27.5 Å². The number of nitrogens with zero attached hydrogens (tertiary/aromatic N) is 2. The first-order chi connectivity index (χ1) is 13.1. The van der Waals surface area contributed by atoms with Gasteiger partial charge in [-0.15, -0.1) is 11.3 Å². The smallest absolute Gasteiger partial charge is 0.262 e. The summed E-state index contributed by atoms with van der Waals surface area (Å²) in [5, 5.41) is 1.16. The SMILES string of the molecule is O=C(CSc1nc2ccccc2c(=O)n1CC1CCCO1)c1ccc(Br)s1. The molecule has 0 bridgehead atoms. The summed E-state index contributed by atoms with van der Waals surface area (Å²) in [6.07, 6.45) is 1.97. The predicted octanol–water partition coefficient (Wildman–Crippen LogP) is 4.37. The van der Waals surface area contributed by atoms with Crippen molar-refractivity contribution >= 4 is 55.7 Å². The van der Waals surface area contributed by atoms with E-state index >= 15 is 0 Å². The fraction of sp³-hybridized carbons (Fsp3) is 0.316. The second-order valence-corrected chi connectivity index (χ2v) is 9.68. The van der Waals surface area contributed by atoms with Gasteiger partial charge in [-0.3, -0.25) is 14.2 Å². The summed E-state index contributed by atoms with van der Waals surface area (Å²) >= 11 is 6.10. The highest BCUT2D eigenvalue weighted by molar-refractivity contribution is 9.11. The standard InChI is InChI=1S/C19H17BrN2O3S2/c20-17-8-7-16(27-17)15(23)11-26-19-21-14-6-2-1-5-13(14)18(24)22(19)10-12-4-3-9-25-12/h1-2,5-8,12H,3-4,9-11H2. The van der Waals surface area contributed by atoms with Gasteiger partial charge in [-0.25, -0.2) is 4.98 Å². The highest BCUT2D eigenvalue weighted by Gasteiger charge is 2.21. The van der Waals surface area contributed by atoms with Crippen molar-refractivity contribution in [2.75, 3.05) is 12.4 Å². The van der Waals surface area contributed by atoms with Gasteiger partial charge in [-0.2, -0.15) is 0 Å². The molecule has 3 aromatic rings. The molecule has 1 aromatic carbocycles. The Morgan fingerprint density at radius 2 is 2.19 bits per heavy atom. The van der Waals surface area contributed by atoms with Crippen LogP contribution in [0.2, 0.25) is 0 Å². The van der Waals surface area contributed by atoms with E-state index in [1.165, 1.54) is 23.1 Å². The Morgan fingerprint density at radius 3 is 2.93 bits per heavy atom. The molecule has 0 spiro atoms. The van der Waals surface area contributed by atoms with Gasteiger partial charge in [0.05, 0.1) is 38.0 Å². The molecule has 0 amide bonds. The predicted molar refractivity (Wildman–Crippen MR) is 112 cm³/mol. The van der Waals surface area contributed by atoms with E-state index in [1.807, 2.05) is 30.3 Å². The lowest BCUT2D eigenvalue weighted by Gasteiger charge is -2.16. The maximum absolute atomic E-state index is 13.0. The van der Waals surface area contributed by atoms with Gasteiger partial charge in [-0.05, 0) is 53.0 Å². The largest absolute Gasteiger partial charge is 0.376 e. The number of ketones is 1. The highest BCUT2D eigenvalue weighted by Crippen LogP contribution is 2.26. The number of hydrogen-bond acceptors (Lipinski definition) is 6. The summed E-state index contributed by atoms with van der Waals surface area (Å²) < 4.78 is 8.30. The number of aromatic nitrogens is 2. The molecule has 1 aliphatic rings. The summed E-state index contributed by atoms with van der Waals surface area (Å²) in [5.74, 6) is 0.269. The van der Waals surface area contributed by atoms with Crippen LogP contribution in [0.3, 0.4) is 0 Å². The van der Waals surface area contributed by atoms with Crippen LogP contribution in [0.4, 0.5) is 0 Å². The van der Waals surface area contributed by atoms with Gasteiger partial charge >= 0.3 is 0 Å². The molecule has 1 aliphatic heterocycles. The van der Waals surface area contributed by atoms with E-state index in [4.69, 9.17) is 4.74 Å². The third-order valence-electron chi connectivity index (χ3n) is 4.42. The highest BCUT2D eigenvalue weighted by atomic mass is 79.9. The molecule has 8 heteroatoms. The molecule has 1 unspecified atom stereocenters. The summed E-state index contributed by atoms with van der Waals surface area (Å²) in [7, 11) is 0. The van der Waals surface area contributed by atoms with E-state index in [2.05, 4.69) is 20.9 Å². The number of Topliss-reactive ketones (excluding diaryl/α,β-unsaturated/α-hetero) is 1. The molecule has 1 atom stereocenters. The van der Waals surface area contributed by atoms with Crippen LogP contribution in [0.5, 0.6) is 0 Å². The van der Waals surface area contributed by atoms with Crippen molar-refractivity contribution in [1.82, 2.24) is 9.55 Å². The Hall–Kier alpha value is -1.48. The van der Waals surface area contributed by atoms with E-state index in [9.17, 15) is 9.59 Å². The number of thiophene rings is 1. The van der Waals surface area contributed by atoms with Gasteiger partial charge in [-0.1, -0.05) is 23.9 Å². The molecule has 0 aliphatic carbocycles. The lowest BCUT2D eigenvalue weighted by molar-refractivity contribution is 0.0937. The van der Waals surface area contributed by atoms with Gasteiger partial charge in [0.2, 0.25) is 0 Å². The third kappa shape index (κ3) is 4.18. The molecule has 5 nitrogen and oxygen atoms in total. The van der Waals surface area contributed by atoms with E-state index < -0.39 is 0 Å². The number of ether oxygens (including phenoxy) is 1. The van der Waals surface area contributed by atoms with Crippen LogP contribution in [0.15, 0.2) is 50.1 Å². The first-order valence-electron chi connectivity index (χ1n) is 8.64. The van der Waals surface area contributed by atoms with Crippen LogP contribution in [0.25, 0.3) is 10.9 Å². The van der Waals surface area contributed by atoms with Crippen LogP contribution in [0.1, 0.15) is 22.5 Å². The van der Waals surface area contributed by atoms with Crippen LogP contribution < -0.4 is 5.56 Å². The number of thioether (sulfide) groups is 1. The molecule has 27 heavy (non-hydrogen) atoms. The van der Waals surface area contributed by atoms with Crippen LogP contribution in [-0.4, -0.2) is 33.8 Å². The zero-order valence-corrected chi connectivity index (χ0v) is 17.6. The number of fused-ring (bicyclic) bond motifs is 1. The van der Waals surface area contributed by atoms with Gasteiger partial charge in [0.1, 0.15) is 0 Å². The number of rotatable bonds is 6. The Kier molecular flexibility index (Phi) is 5.77. The van der Waals surface area contributed by atoms with Gasteiger partial charge in [0, 0.05) is 6.61 Å². The van der Waals surface area contributed by atoms with Crippen molar-refractivity contribution < 1.29 is 9.53 Å². The zero-order chi connectivity index (χ0) is 18.8. The Labute approximate surface area is 172 Å². The average Bonchev–Trinajstić information content (AvgIpc) is 3.34. The fourth-order valence-corrected chi connectivity index (χ4v) is 5.38. The molecule has 4 rings (SSSR count). The molecule has 0 N–H and O–H groups in total. The van der Waals surface area contributed by atoms with Crippen LogP contribution in [-0.2, 0) is 11.3 Å². The fourth-order valence-electron chi connectivity index (χ4n) is 3.08. The summed E-state index contributed by atoms with van der Waals surface area (Å²) in [4.78, 5) is 30.8. The quantitative estimate of drug-likeness (QED) is 0.307. The topological polar surface area (TPSA) is 61.2 Å². The summed E-state index contributed by atoms with van der Waals surface area (Å²) in [5.41, 5.74) is 0.574. The number of carbonyl (C=O) groups is 1. The van der Waals surface area contributed by atoms with Gasteiger partial charge in [0.15, 0.2) is 10.9 Å². The second kappa shape index (κ2) is 8.26. The lowest BCUT2D eigenvalue weighted by Crippen LogP contribution is -2.29. The van der Waals surface area contributed by atoms with Crippen molar-refractivity contribution in [1.29, 1.82) is 0 Å². The molecule has 0 saturated carbocycles. The number of benzene rings is 1. The molecule has 0 radical (unpaired) electrons. The lowest BCUT2D eigenvalue weighted by atomic mass is 10.2. The molecular formula is C19H17BrN2O3S2. The number of halogens is 1. The third-order valence-corrected chi connectivity index (χ3v) is 7.06. The van der Waals surface area contributed by atoms with E-state index in [1.54, 1.807) is 10.6 Å². The summed E-state index contributed by atoms with van der Waals surface area (Å²) in [6.45, 7) is 1.20. The molecule has 140 valence electrons. The van der Waals surface area contributed by atoms with E-state index in [-0.39, 0.29) is 23.2 Å². The van der Waals surface area contributed by atoms with Crippen molar-refractivity contribution in [2.24, 2.45) is 0 Å². The molecule has 1 fully saturated rings. The first-order valence-corrected chi connectivity index (χ1v) is 11.2. The van der Waals surface area contributed by atoms with Gasteiger partial charge in [0.25, 0.3) is 5.56 Å². The van der Waals surface area contributed by atoms with Crippen molar-refractivity contribution in [3.63, 3.8) is 0 Å². The van der Waals surface area contributed by atoms with Crippen LogP contribution in [0, 0.1) is 0 Å². The molecule has 1 saturated heterocycles. The minimum atomic E-state index is -0.0788. The molecular weight excluding hydrogens is 448 g/mol. The Bertz CT molecular complexity index is 1040. The van der Waals surface area contributed by atoms with Crippen molar-refractivity contribution in [3.8, 4) is 0 Å². The average molecular weight is 465 g/mol. The molecule has 2 aromatic heterocycles. The number of carbonyl (C=O) groups excluding carboxylic acids is 1. The minimum Gasteiger partial charge on any atom is -0.376 e. The van der Waals surface area contributed by atoms with Crippen molar-refractivity contribution in [3.05, 3.63) is 55.4 Å². The summed E-state index contributed by atoms with van der Waals surface area (Å²) in [6, 6.07) is 11.0. The molecule has 3 heterocycles.